The summed E-state index contributed by atoms with van der Waals surface area (Å²) in [6.07, 6.45) is 0. The molecule has 1 fully saturated rings. The zero-order chi connectivity index (χ0) is 19.5. The minimum absolute atomic E-state index is 0.0817. The lowest BCUT2D eigenvalue weighted by atomic mass is 9.67. The van der Waals surface area contributed by atoms with Crippen molar-refractivity contribution >= 4 is 17.4 Å². The molecule has 1 N–H and O–H groups in total. The van der Waals surface area contributed by atoms with E-state index in [1.165, 1.54) is 11.1 Å². The first-order valence-electron chi connectivity index (χ1n) is 9.86. The quantitative estimate of drug-likeness (QED) is 0.889. The summed E-state index contributed by atoms with van der Waals surface area (Å²) in [5.41, 5.74) is 6.53. The highest BCUT2D eigenvalue weighted by molar-refractivity contribution is 6.09. The number of fused-ring (bicyclic) bond motifs is 3. The van der Waals surface area contributed by atoms with Crippen molar-refractivity contribution in [3.8, 4) is 5.75 Å². The number of nitrogens with zero attached hydrogens (tertiary/aromatic N) is 3. The maximum absolute atomic E-state index is 12.2. The molecule has 4 rings (SSSR count). The number of likely N-dealkylation sites (tertiary alicyclic amines) is 1. The first-order chi connectivity index (χ1) is 12.7. The minimum Gasteiger partial charge on any atom is -0.483 e. The van der Waals surface area contributed by atoms with E-state index in [2.05, 4.69) is 62.3 Å². The summed E-state index contributed by atoms with van der Waals surface area (Å²) in [7, 11) is 2.18. The van der Waals surface area contributed by atoms with E-state index in [9.17, 15) is 4.79 Å². The van der Waals surface area contributed by atoms with Crippen LogP contribution in [0.4, 0.5) is 5.69 Å². The number of amides is 1. The fourth-order valence-corrected chi connectivity index (χ4v) is 4.81. The summed E-state index contributed by atoms with van der Waals surface area (Å²) in [5.74, 6) is 2.37. The molecule has 6 heteroatoms. The van der Waals surface area contributed by atoms with Gasteiger partial charge in [-0.1, -0.05) is 27.7 Å². The number of amidine groups is 1. The van der Waals surface area contributed by atoms with Gasteiger partial charge in [0, 0.05) is 13.1 Å². The zero-order valence-electron chi connectivity index (χ0n) is 17.2. The number of rotatable bonds is 3. The van der Waals surface area contributed by atoms with Gasteiger partial charge in [-0.2, -0.15) is 5.10 Å². The van der Waals surface area contributed by atoms with E-state index in [0.29, 0.717) is 18.4 Å². The normalized spacial score (nSPS) is 25.0. The van der Waals surface area contributed by atoms with E-state index in [-0.39, 0.29) is 17.4 Å². The molecule has 2 atom stereocenters. The Labute approximate surface area is 161 Å². The fraction of sp³-hybridized carbons (Fsp3) is 0.619. The van der Waals surface area contributed by atoms with Crippen LogP contribution in [0.5, 0.6) is 5.75 Å². The third kappa shape index (κ3) is 2.81. The molecular formula is C21H30N4O2. The topological polar surface area (TPSA) is 57.2 Å². The number of carbonyl (C=O) groups is 1. The van der Waals surface area contributed by atoms with Crippen molar-refractivity contribution in [3.63, 3.8) is 0 Å². The molecule has 27 heavy (non-hydrogen) atoms. The molecule has 3 heterocycles. The van der Waals surface area contributed by atoms with Gasteiger partial charge in [-0.05, 0) is 54.5 Å². The molecule has 6 nitrogen and oxygen atoms in total. The van der Waals surface area contributed by atoms with E-state index in [4.69, 9.17) is 4.74 Å². The first-order valence-corrected chi connectivity index (χ1v) is 9.86. The summed E-state index contributed by atoms with van der Waals surface area (Å²) in [6, 6.07) is 4.15. The monoisotopic (exact) mass is 370 g/mol. The standard InChI is InChI=1S/C21H30N4O2/c1-12(2)15-8-18-17(7-16(15)13(3)21(5)10-24(6)11-21)25-14(4)20(26)23-22-19(25)9-27-18/h7-8,12-14H,9-11H2,1-6H3,(H,23,26). The number of anilines is 1. The number of carbonyl (C=O) groups excluding carboxylic acids is 1. The lowest BCUT2D eigenvalue weighted by Gasteiger charge is -2.51. The largest absolute Gasteiger partial charge is 0.483 e. The lowest BCUT2D eigenvalue weighted by Crippen LogP contribution is -2.56. The van der Waals surface area contributed by atoms with Crippen LogP contribution >= 0.6 is 0 Å². The van der Waals surface area contributed by atoms with Gasteiger partial charge in [0.1, 0.15) is 18.4 Å². The molecule has 0 radical (unpaired) electrons. The van der Waals surface area contributed by atoms with Crippen molar-refractivity contribution in [3.05, 3.63) is 23.3 Å². The van der Waals surface area contributed by atoms with Crippen LogP contribution in [-0.4, -0.2) is 49.4 Å². The van der Waals surface area contributed by atoms with Crippen LogP contribution in [0.3, 0.4) is 0 Å². The molecule has 0 saturated carbocycles. The van der Waals surface area contributed by atoms with E-state index in [1.807, 2.05) is 11.8 Å². The predicted octanol–water partition coefficient (Wildman–Crippen LogP) is 2.90. The highest BCUT2D eigenvalue weighted by Gasteiger charge is 2.43. The molecule has 0 aliphatic carbocycles. The summed E-state index contributed by atoms with van der Waals surface area (Å²) in [5, 5.41) is 4.21. The highest BCUT2D eigenvalue weighted by Crippen LogP contribution is 2.48. The van der Waals surface area contributed by atoms with Crippen molar-refractivity contribution in [1.29, 1.82) is 0 Å². The maximum Gasteiger partial charge on any atom is 0.262 e. The number of hydrogen-bond donors (Lipinski definition) is 1. The van der Waals surface area contributed by atoms with Crippen LogP contribution in [0.2, 0.25) is 0 Å². The van der Waals surface area contributed by atoms with Gasteiger partial charge < -0.3 is 14.5 Å². The predicted molar refractivity (Wildman–Crippen MR) is 108 cm³/mol. The summed E-state index contributed by atoms with van der Waals surface area (Å²) < 4.78 is 6.01. The van der Waals surface area contributed by atoms with Crippen LogP contribution in [0.1, 0.15) is 57.6 Å². The van der Waals surface area contributed by atoms with Crippen molar-refractivity contribution in [2.75, 3.05) is 31.6 Å². The second-order valence-electron chi connectivity index (χ2n) is 8.99. The van der Waals surface area contributed by atoms with Crippen LogP contribution < -0.4 is 15.1 Å². The molecule has 0 aromatic heterocycles. The number of benzene rings is 1. The van der Waals surface area contributed by atoms with Gasteiger partial charge in [0.25, 0.3) is 5.91 Å². The van der Waals surface area contributed by atoms with Gasteiger partial charge >= 0.3 is 0 Å². The van der Waals surface area contributed by atoms with Gasteiger partial charge in [0.2, 0.25) is 0 Å². The molecule has 2 unspecified atom stereocenters. The van der Waals surface area contributed by atoms with Crippen molar-refractivity contribution in [1.82, 2.24) is 10.3 Å². The third-order valence-corrected chi connectivity index (χ3v) is 6.52. The molecule has 1 amide bonds. The molecule has 146 valence electrons. The van der Waals surface area contributed by atoms with Crippen LogP contribution in [-0.2, 0) is 4.79 Å². The average molecular weight is 370 g/mol. The minimum atomic E-state index is -0.293. The van der Waals surface area contributed by atoms with Crippen LogP contribution in [0.25, 0.3) is 0 Å². The Hall–Kier alpha value is -2.08. The second kappa shape index (κ2) is 6.23. The molecule has 1 aromatic carbocycles. The molecular weight excluding hydrogens is 340 g/mol. The second-order valence-corrected chi connectivity index (χ2v) is 8.99. The summed E-state index contributed by atoms with van der Waals surface area (Å²) in [4.78, 5) is 16.6. The van der Waals surface area contributed by atoms with E-state index >= 15 is 0 Å². The van der Waals surface area contributed by atoms with Crippen LogP contribution in [0.15, 0.2) is 17.2 Å². The highest BCUT2D eigenvalue weighted by atomic mass is 16.5. The molecule has 0 spiro atoms. The van der Waals surface area contributed by atoms with Gasteiger partial charge in [-0.3, -0.25) is 4.79 Å². The summed E-state index contributed by atoms with van der Waals surface area (Å²) in [6.45, 7) is 13.7. The van der Waals surface area contributed by atoms with Gasteiger partial charge in [0.15, 0.2) is 5.84 Å². The molecule has 3 aliphatic heterocycles. The Morgan fingerprint density at radius 1 is 1.26 bits per heavy atom. The van der Waals surface area contributed by atoms with E-state index in [1.54, 1.807) is 0 Å². The Balaban J connectivity index is 1.82. The van der Waals surface area contributed by atoms with E-state index in [0.717, 1.165) is 30.4 Å². The lowest BCUT2D eigenvalue weighted by molar-refractivity contribution is -0.122. The number of hydrogen-bond acceptors (Lipinski definition) is 5. The van der Waals surface area contributed by atoms with E-state index < -0.39 is 0 Å². The van der Waals surface area contributed by atoms with Crippen LogP contribution in [0, 0.1) is 5.41 Å². The molecule has 3 aliphatic rings. The number of nitrogens with one attached hydrogen (secondary N) is 1. The van der Waals surface area contributed by atoms with Gasteiger partial charge in [-0.25, -0.2) is 5.43 Å². The maximum atomic E-state index is 12.2. The zero-order valence-corrected chi connectivity index (χ0v) is 17.2. The number of hydrazone groups is 1. The molecule has 1 aromatic rings. The van der Waals surface area contributed by atoms with Gasteiger partial charge in [-0.15, -0.1) is 0 Å². The fourth-order valence-electron chi connectivity index (χ4n) is 4.81. The van der Waals surface area contributed by atoms with Gasteiger partial charge in [0.05, 0.1) is 5.69 Å². The Bertz CT molecular complexity index is 811. The summed E-state index contributed by atoms with van der Waals surface area (Å²) >= 11 is 0. The third-order valence-electron chi connectivity index (χ3n) is 6.52. The van der Waals surface area contributed by atoms with Crippen molar-refractivity contribution < 1.29 is 9.53 Å². The SMILES string of the molecule is CC(C)c1cc2c(cc1C(C)C1(C)CN(C)C1)N1C(=NNC(=O)C1C)CO2. The van der Waals surface area contributed by atoms with Crippen molar-refractivity contribution in [2.24, 2.45) is 10.5 Å². The molecule has 0 bridgehead atoms. The Kier molecular flexibility index (Phi) is 4.22. The number of ether oxygens (including phenoxy) is 1. The van der Waals surface area contributed by atoms with Crippen molar-refractivity contribution in [2.45, 2.75) is 52.5 Å². The molecule has 1 saturated heterocycles. The first kappa shape index (κ1) is 18.3. The smallest absolute Gasteiger partial charge is 0.262 e. The average Bonchev–Trinajstić information content (AvgIpc) is 2.61. The Morgan fingerprint density at radius 2 is 1.96 bits per heavy atom. The Morgan fingerprint density at radius 3 is 2.59 bits per heavy atom.